The second-order valence-electron chi connectivity index (χ2n) is 3.12. The maximum Gasteiger partial charge on any atom is 0.0515 e. The fourth-order valence-corrected chi connectivity index (χ4v) is 1.74. The molecule has 0 spiro atoms. The number of hydrogen-bond donors (Lipinski definition) is 1. The van der Waals surface area contributed by atoms with Crippen LogP contribution in [0.15, 0.2) is 22.7 Å². The average Bonchev–Trinajstić information content (AvgIpc) is 2.06. The van der Waals surface area contributed by atoms with Gasteiger partial charge >= 0.3 is 0 Å². The number of aliphatic hydroxyl groups is 1. The van der Waals surface area contributed by atoms with E-state index in [1.54, 1.807) is 6.92 Å². The topological polar surface area (TPSA) is 20.2 Å². The molecule has 0 aromatic heterocycles. The molecule has 0 fully saturated rings. The zero-order chi connectivity index (χ0) is 9.84. The summed E-state index contributed by atoms with van der Waals surface area (Å²) in [5, 5.41) is 9.87. The van der Waals surface area contributed by atoms with Gasteiger partial charge in [-0.05, 0) is 43.5 Å². The van der Waals surface area contributed by atoms with Crippen LogP contribution >= 0.6 is 27.5 Å². The normalized spacial score (nSPS) is 12.9. The Morgan fingerprint density at radius 2 is 2.23 bits per heavy atom. The highest BCUT2D eigenvalue weighted by Gasteiger charge is 2.02. The molecule has 1 rings (SSSR count). The van der Waals surface area contributed by atoms with Crippen molar-refractivity contribution in [2.24, 2.45) is 0 Å². The van der Waals surface area contributed by atoms with Crippen LogP contribution in [0, 0.1) is 0 Å². The van der Waals surface area contributed by atoms with Gasteiger partial charge in [-0.2, -0.15) is 0 Å². The first kappa shape index (κ1) is 11.0. The van der Waals surface area contributed by atoms with Gasteiger partial charge in [0.05, 0.1) is 6.10 Å². The predicted molar refractivity (Wildman–Crippen MR) is 59.2 cm³/mol. The van der Waals surface area contributed by atoms with Gasteiger partial charge in [0, 0.05) is 9.50 Å². The Balaban J connectivity index is 2.70. The Morgan fingerprint density at radius 1 is 1.54 bits per heavy atom. The molecular formula is C10H12BrClO. The lowest BCUT2D eigenvalue weighted by molar-refractivity contribution is 0.185. The molecule has 3 heteroatoms. The van der Waals surface area contributed by atoms with E-state index in [0.717, 1.165) is 27.9 Å². The summed E-state index contributed by atoms with van der Waals surface area (Å²) in [6.07, 6.45) is 1.35. The van der Waals surface area contributed by atoms with E-state index in [1.807, 2.05) is 18.2 Å². The van der Waals surface area contributed by atoms with E-state index in [2.05, 4.69) is 15.9 Å². The monoisotopic (exact) mass is 262 g/mol. The number of rotatable bonds is 3. The molecule has 1 aromatic carbocycles. The molecule has 1 unspecified atom stereocenters. The van der Waals surface area contributed by atoms with Crippen LogP contribution in [-0.4, -0.2) is 11.2 Å². The van der Waals surface area contributed by atoms with Crippen molar-refractivity contribution in [1.29, 1.82) is 0 Å². The summed E-state index contributed by atoms with van der Waals surface area (Å²) in [4.78, 5) is 0. The van der Waals surface area contributed by atoms with E-state index in [4.69, 9.17) is 16.7 Å². The lowest BCUT2D eigenvalue weighted by Gasteiger charge is -2.06. The first-order valence-electron chi connectivity index (χ1n) is 4.21. The van der Waals surface area contributed by atoms with Gasteiger partial charge in [0.2, 0.25) is 0 Å². The standard InChI is InChI=1S/C10H12BrClO/c1-7(13)2-3-8-6-9(12)4-5-10(8)11/h4-7,13H,2-3H2,1H3. The molecule has 72 valence electrons. The van der Waals surface area contributed by atoms with Crippen molar-refractivity contribution in [3.8, 4) is 0 Å². The van der Waals surface area contributed by atoms with Crippen LogP contribution < -0.4 is 0 Å². The molecule has 0 bridgehead atoms. The number of aryl methyl sites for hydroxylation is 1. The molecule has 1 atom stereocenters. The molecule has 0 radical (unpaired) electrons. The Morgan fingerprint density at radius 3 is 2.85 bits per heavy atom. The summed E-state index contributed by atoms with van der Waals surface area (Å²) in [5.41, 5.74) is 1.15. The number of benzene rings is 1. The minimum atomic E-state index is -0.258. The molecule has 0 amide bonds. The minimum absolute atomic E-state index is 0.258. The molecular weight excluding hydrogens is 251 g/mol. The van der Waals surface area contributed by atoms with Crippen LogP contribution in [0.25, 0.3) is 0 Å². The highest BCUT2D eigenvalue weighted by molar-refractivity contribution is 9.10. The van der Waals surface area contributed by atoms with Crippen molar-refractivity contribution < 1.29 is 5.11 Å². The van der Waals surface area contributed by atoms with E-state index >= 15 is 0 Å². The molecule has 1 aromatic rings. The quantitative estimate of drug-likeness (QED) is 0.886. The molecule has 1 nitrogen and oxygen atoms in total. The Kier molecular flexibility index (Phi) is 4.23. The van der Waals surface area contributed by atoms with Gasteiger partial charge in [-0.15, -0.1) is 0 Å². The smallest absolute Gasteiger partial charge is 0.0515 e. The largest absolute Gasteiger partial charge is 0.393 e. The van der Waals surface area contributed by atoms with Gasteiger partial charge in [-0.1, -0.05) is 27.5 Å². The van der Waals surface area contributed by atoms with Crippen LogP contribution in [-0.2, 0) is 6.42 Å². The van der Waals surface area contributed by atoms with Gasteiger partial charge in [0.1, 0.15) is 0 Å². The van der Waals surface area contributed by atoms with Crippen LogP contribution in [0.4, 0.5) is 0 Å². The second kappa shape index (κ2) is 4.99. The van der Waals surface area contributed by atoms with Crippen molar-refractivity contribution in [2.45, 2.75) is 25.9 Å². The van der Waals surface area contributed by atoms with Crippen LogP contribution in [0.1, 0.15) is 18.9 Å². The fraction of sp³-hybridized carbons (Fsp3) is 0.400. The van der Waals surface area contributed by atoms with Gasteiger partial charge < -0.3 is 5.11 Å². The molecule has 0 aliphatic carbocycles. The van der Waals surface area contributed by atoms with Crippen LogP contribution in [0.3, 0.4) is 0 Å². The Hall–Kier alpha value is -0.0500. The van der Waals surface area contributed by atoms with E-state index in [0.29, 0.717) is 0 Å². The van der Waals surface area contributed by atoms with Crippen molar-refractivity contribution in [1.82, 2.24) is 0 Å². The lowest BCUT2D eigenvalue weighted by Crippen LogP contribution is -2.01. The third-order valence-electron chi connectivity index (χ3n) is 1.84. The van der Waals surface area contributed by atoms with E-state index in [9.17, 15) is 0 Å². The molecule has 0 saturated carbocycles. The van der Waals surface area contributed by atoms with E-state index in [-0.39, 0.29) is 6.10 Å². The van der Waals surface area contributed by atoms with Crippen LogP contribution in [0.2, 0.25) is 5.02 Å². The zero-order valence-corrected chi connectivity index (χ0v) is 9.77. The predicted octanol–water partition coefficient (Wildman–Crippen LogP) is 3.42. The van der Waals surface area contributed by atoms with Gasteiger partial charge in [-0.25, -0.2) is 0 Å². The summed E-state index contributed by atoms with van der Waals surface area (Å²) in [6, 6.07) is 5.70. The molecule has 0 heterocycles. The molecule has 0 saturated heterocycles. The van der Waals surface area contributed by atoms with Crippen LogP contribution in [0.5, 0.6) is 0 Å². The first-order chi connectivity index (χ1) is 6.09. The highest BCUT2D eigenvalue weighted by Crippen LogP contribution is 2.22. The fourth-order valence-electron chi connectivity index (χ4n) is 1.10. The molecule has 13 heavy (non-hydrogen) atoms. The summed E-state index contributed by atoms with van der Waals surface area (Å²) < 4.78 is 1.05. The van der Waals surface area contributed by atoms with Gasteiger partial charge in [0.25, 0.3) is 0 Å². The van der Waals surface area contributed by atoms with E-state index in [1.165, 1.54) is 0 Å². The zero-order valence-electron chi connectivity index (χ0n) is 7.43. The van der Waals surface area contributed by atoms with Crippen molar-refractivity contribution >= 4 is 27.5 Å². The lowest BCUT2D eigenvalue weighted by atomic mass is 10.1. The number of aliphatic hydroxyl groups excluding tert-OH is 1. The summed E-state index contributed by atoms with van der Waals surface area (Å²) in [5.74, 6) is 0. The maximum absolute atomic E-state index is 9.13. The van der Waals surface area contributed by atoms with Crippen molar-refractivity contribution in [3.05, 3.63) is 33.3 Å². The summed E-state index contributed by atoms with van der Waals surface area (Å²) in [7, 11) is 0. The molecule has 0 aliphatic heterocycles. The highest BCUT2D eigenvalue weighted by atomic mass is 79.9. The second-order valence-corrected chi connectivity index (χ2v) is 4.41. The summed E-state index contributed by atoms with van der Waals surface area (Å²) in [6.45, 7) is 1.79. The molecule has 0 aliphatic rings. The van der Waals surface area contributed by atoms with Crippen molar-refractivity contribution in [2.75, 3.05) is 0 Å². The summed E-state index contributed by atoms with van der Waals surface area (Å²) >= 11 is 9.29. The van der Waals surface area contributed by atoms with Crippen molar-refractivity contribution in [3.63, 3.8) is 0 Å². The van der Waals surface area contributed by atoms with Gasteiger partial charge in [-0.3, -0.25) is 0 Å². The molecule has 1 N–H and O–H groups in total. The Labute approximate surface area is 91.9 Å². The van der Waals surface area contributed by atoms with Gasteiger partial charge in [0.15, 0.2) is 0 Å². The third kappa shape index (κ3) is 3.67. The Bertz CT molecular complexity index is 286. The minimum Gasteiger partial charge on any atom is -0.393 e. The maximum atomic E-state index is 9.13. The number of hydrogen-bond acceptors (Lipinski definition) is 1. The number of halogens is 2. The average molecular weight is 264 g/mol. The SMILES string of the molecule is CC(O)CCc1cc(Cl)ccc1Br. The third-order valence-corrected chi connectivity index (χ3v) is 2.85. The van der Waals surface area contributed by atoms with E-state index < -0.39 is 0 Å². The first-order valence-corrected chi connectivity index (χ1v) is 5.38.